The highest BCUT2D eigenvalue weighted by atomic mass is 16.5. The minimum atomic E-state index is -0.352. The molecule has 0 saturated heterocycles. The number of phenols is 1. The fourth-order valence-electron chi connectivity index (χ4n) is 2.64. The van der Waals surface area contributed by atoms with Gasteiger partial charge in [0.1, 0.15) is 0 Å². The fourth-order valence-corrected chi connectivity index (χ4v) is 2.64. The molecule has 1 aromatic rings. The van der Waals surface area contributed by atoms with Gasteiger partial charge in [-0.15, -0.1) is 0 Å². The SMILES string of the molecule is COc1c(C)cc(C)c(C2(N)CCC2)c1O. The van der Waals surface area contributed by atoms with Crippen molar-refractivity contribution in [2.24, 2.45) is 5.73 Å². The first-order valence-electron chi connectivity index (χ1n) is 5.66. The van der Waals surface area contributed by atoms with Crippen LogP contribution in [0.25, 0.3) is 0 Å². The molecule has 1 aliphatic rings. The maximum absolute atomic E-state index is 10.2. The highest BCUT2D eigenvalue weighted by molar-refractivity contribution is 5.57. The average Bonchev–Trinajstić information content (AvgIpc) is 2.14. The minimum absolute atomic E-state index is 0.224. The van der Waals surface area contributed by atoms with Gasteiger partial charge in [-0.05, 0) is 44.2 Å². The van der Waals surface area contributed by atoms with Crippen molar-refractivity contribution in [1.29, 1.82) is 0 Å². The maximum Gasteiger partial charge on any atom is 0.163 e. The van der Waals surface area contributed by atoms with E-state index in [1.165, 1.54) is 0 Å². The van der Waals surface area contributed by atoms with E-state index in [0.717, 1.165) is 36.0 Å². The van der Waals surface area contributed by atoms with Crippen molar-refractivity contribution >= 4 is 0 Å². The van der Waals surface area contributed by atoms with Crippen molar-refractivity contribution in [3.05, 3.63) is 22.8 Å². The van der Waals surface area contributed by atoms with Crippen LogP contribution in [0.3, 0.4) is 0 Å². The Hall–Kier alpha value is -1.22. The van der Waals surface area contributed by atoms with E-state index in [2.05, 4.69) is 0 Å². The van der Waals surface area contributed by atoms with Crippen molar-refractivity contribution in [2.75, 3.05) is 7.11 Å². The Bertz CT molecular complexity index is 422. The van der Waals surface area contributed by atoms with Crippen molar-refractivity contribution in [3.8, 4) is 11.5 Å². The largest absolute Gasteiger partial charge is 0.504 e. The molecule has 1 saturated carbocycles. The number of methoxy groups -OCH3 is 1. The smallest absolute Gasteiger partial charge is 0.163 e. The Labute approximate surface area is 96.2 Å². The first kappa shape index (κ1) is 11.3. The Kier molecular flexibility index (Phi) is 2.58. The summed E-state index contributed by atoms with van der Waals surface area (Å²) >= 11 is 0. The van der Waals surface area contributed by atoms with E-state index in [-0.39, 0.29) is 11.3 Å². The highest BCUT2D eigenvalue weighted by Crippen LogP contribution is 2.48. The number of phenolic OH excluding ortho intramolecular Hbond substituents is 1. The van der Waals surface area contributed by atoms with Gasteiger partial charge in [-0.1, -0.05) is 6.07 Å². The second-order valence-corrected chi connectivity index (χ2v) is 4.78. The number of hydrogen-bond acceptors (Lipinski definition) is 3. The summed E-state index contributed by atoms with van der Waals surface area (Å²) < 4.78 is 5.23. The van der Waals surface area contributed by atoms with Crippen molar-refractivity contribution in [2.45, 2.75) is 38.6 Å². The van der Waals surface area contributed by atoms with Crippen LogP contribution in [0.5, 0.6) is 11.5 Å². The van der Waals surface area contributed by atoms with Crippen LogP contribution in [0, 0.1) is 13.8 Å². The van der Waals surface area contributed by atoms with Crippen LogP contribution in [-0.4, -0.2) is 12.2 Å². The summed E-state index contributed by atoms with van der Waals surface area (Å²) in [5.74, 6) is 0.777. The van der Waals surface area contributed by atoms with E-state index in [9.17, 15) is 5.11 Å². The second-order valence-electron chi connectivity index (χ2n) is 4.78. The first-order chi connectivity index (χ1) is 7.49. The molecule has 1 fully saturated rings. The van der Waals surface area contributed by atoms with Gasteiger partial charge in [0.25, 0.3) is 0 Å². The summed E-state index contributed by atoms with van der Waals surface area (Å²) in [5.41, 5.74) is 8.80. The molecule has 0 spiro atoms. The van der Waals surface area contributed by atoms with Crippen LogP contribution in [-0.2, 0) is 5.54 Å². The molecule has 1 aromatic carbocycles. The molecule has 16 heavy (non-hydrogen) atoms. The van der Waals surface area contributed by atoms with Gasteiger partial charge >= 0.3 is 0 Å². The van der Waals surface area contributed by atoms with E-state index < -0.39 is 0 Å². The molecule has 0 aromatic heterocycles. The molecule has 2 rings (SSSR count). The molecular formula is C13H19NO2. The van der Waals surface area contributed by atoms with E-state index in [1.807, 2.05) is 19.9 Å². The standard InChI is InChI=1S/C13H19NO2/c1-8-7-9(2)12(16-3)11(15)10(8)13(14)5-4-6-13/h7,15H,4-6,14H2,1-3H3. The number of ether oxygens (including phenoxy) is 1. The zero-order chi connectivity index (χ0) is 11.9. The molecule has 0 amide bonds. The Morgan fingerprint density at radius 2 is 1.94 bits per heavy atom. The quantitative estimate of drug-likeness (QED) is 0.806. The van der Waals surface area contributed by atoms with E-state index >= 15 is 0 Å². The Balaban J connectivity index is 2.60. The Morgan fingerprint density at radius 3 is 2.38 bits per heavy atom. The van der Waals surface area contributed by atoms with Crippen molar-refractivity contribution in [1.82, 2.24) is 0 Å². The number of aryl methyl sites for hydroxylation is 2. The van der Waals surface area contributed by atoms with Crippen molar-refractivity contribution < 1.29 is 9.84 Å². The van der Waals surface area contributed by atoms with Gasteiger partial charge < -0.3 is 15.6 Å². The lowest BCUT2D eigenvalue weighted by Gasteiger charge is -2.40. The topological polar surface area (TPSA) is 55.5 Å². The molecular weight excluding hydrogens is 202 g/mol. The van der Waals surface area contributed by atoms with Gasteiger partial charge in [-0.2, -0.15) is 0 Å². The molecule has 0 unspecified atom stereocenters. The van der Waals surface area contributed by atoms with E-state index in [4.69, 9.17) is 10.5 Å². The molecule has 0 atom stereocenters. The second kappa shape index (κ2) is 3.67. The summed E-state index contributed by atoms with van der Waals surface area (Å²) in [5, 5.41) is 10.2. The van der Waals surface area contributed by atoms with Crippen LogP contribution in [0.1, 0.15) is 36.0 Å². The van der Waals surface area contributed by atoms with Gasteiger partial charge in [0, 0.05) is 11.1 Å². The van der Waals surface area contributed by atoms with Crippen molar-refractivity contribution in [3.63, 3.8) is 0 Å². The molecule has 1 aliphatic carbocycles. The number of benzene rings is 1. The molecule has 3 heteroatoms. The summed E-state index contributed by atoms with van der Waals surface area (Å²) in [4.78, 5) is 0. The predicted octanol–water partition coefficient (Wildman–Crippen LogP) is 2.36. The molecule has 3 N–H and O–H groups in total. The summed E-state index contributed by atoms with van der Waals surface area (Å²) in [6.45, 7) is 3.92. The summed E-state index contributed by atoms with van der Waals surface area (Å²) in [7, 11) is 1.57. The number of nitrogens with two attached hydrogens (primary N) is 1. The number of aromatic hydroxyl groups is 1. The lowest BCUT2D eigenvalue weighted by atomic mass is 9.70. The normalized spacial score (nSPS) is 18.0. The van der Waals surface area contributed by atoms with E-state index in [1.54, 1.807) is 7.11 Å². The Morgan fingerprint density at radius 1 is 1.31 bits per heavy atom. The molecule has 0 radical (unpaired) electrons. The monoisotopic (exact) mass is 221 g/mol. The van der Waals surface area contributed by atoms with Crippen LogP contribution in [0.2, 0.25) is 0 Å². The highest BCUT2D eigenvalue weighted by Gasteiger charge is 2.38. The van der Waals surface area contributed by atoms with Crippen LogP contribution in [0.4, 0.5) is 0 Å². The fraction of sp³-hybridized carbons (Fsp3) is 0.538. The molecule has 0 bridgehead atoms. The zero-order valence-electron chi connectivity index (χ0n) is 10.1. The van der Waals surface area contributed by atoms with Gasteiger partial charge in [-0.25, -0.2) is 0 Å². The van der Waals surface area contributed by atoms with Gasteiger partial charge in [0.05, 0.1) is 7.11 Å². The van der Waals surface area contributed by atoms with E-state index in [0.29, 0.717) is 5.75 Å². The molecule has 88 valence electrons. The van der Waals surface area contributed by atoms with Crippen LogP contribution < -0.4 is 10.5 Å². The number of rotatable bonds is 2. The molecule has 3 nitrogen and oxygen atoms in total. The lowest BCUT2D eigenvalue weighted by molar-refractivity contribution is 0.241. The van der Waals surface area contributed by atoms with Gasteiger partial charge in [-0.3, -0.25) is 0 Å². The zero-order valence-corrected chi connectivity index (χ0v) is 10.1. The predicted molar refractivity (Wildman–Crippen MR) is 63.8 cm³/mol. The third-order valence-electron chi connectivity index (χ3n) is 3.59. The maximum atomic E-state index is 10.2. The number of hydrogen-bond donors (Lipinski definition) is 2. The van der Waals surface area contributed by atoms with Crippen LogP contribution in [0.15, 0.2) is 6.07 Å². The third-order valence-corrected chi connectivity index (χ3v) is 3.59. The lowest BCUT2D eigenvalue weighted by Crippen LogP contribution is -2.44. The minimum Gasteiger partial charge on any atom is -0.504 e. The van der Waals surface area contributed by atoms with Gasteiger partial charge in [0.15, 0.2) is 11.5 Å². The first-order valence-corrected chi connectivity index (χ1v) is 5.66. The molecule has 0 aliphatic heterocycles. The summed E-state index contributed by atoms with van der Waals surface area (Å²) in [6.07, 6.45) is 3.01. The molecule has 0 heterocycles. The summed E-state index contributed by atoms with van der Waals surface area (Å²) in [6, 6.07) is 2.03. The third kappa shape index (κ3) is 1.47. The van der Waals surface area contributed by atoms with Gasteiger partial charge in [0.2, 0.25) is 0 Å². The van der Waals surface area contributed by atoms with Crippen LogP contribution >= 0.6 is 0 Å². The average molecular weight is 221 g/mol.